The number of hydrogen-bond donors (Lipinski definition) is 0. The van der Waals surface area contributed by atoms with Crippen LogP contribution in [0.5, 0.6) is 0 Å². The van der Waals surface area contributed by atoms with Crippen molar-refractivity contribution in [2.45, 2.75) is 29.0 Å². The summed E-state index contributed by atoms with van der Waals surface area (Å²) >= 11 is -0.207. The van der Waals surface area contributed by atoms with Crippen LogP contribution in [0.15, 0.2) is 64.4 Å². The molecule has 3 rings (SSSR count). The van der Waals surface area contributed by atoms with Gasteiger partial charge in [0.1, 0.15) is 5.82 Å². The summed E-state index contributed by atoms with van der Waals surface area (Å²) in [5.41, 5.74) is -3.94. The van der Waals surface area contributed by atoms with E-state index in [-0.39, 0.29) is 40.3 Å². The van der Waals surface area contributed by atoms with E-state index in [1.54, 1.807) is 18.2 Å². The maximum Gasteiger partial charge on any atom is 0.442 e. The average molecular weight is 461 g/mol. The Balaban J connectivity index is 2.24. The van der Waals surface area contributed by atoms with Crippen LogP contribution in [0, 0.1) is 11.7 Å². The van der Waals surface area contributed by atoms with Gasteiger partial charge in [-0.1, -0.05) is 30.3 Å². The monoisotopic (exact) mass is 460 g/mol. The van der Waals surface area contributed by atoms with E-state index in [4.69, 9.17) is 4.74 Å². The van der Waals surface area contributed by atoms with Crippen molar-refractivity contribution >= 4 is 27.2 Å². The molecule has 0 amide bonds. The first-order valence-electron chi connectivity index (χ1n) is 9.05. The molecule has 0 saturated heterocycles. The molecule has 0 N–H and O–H groups in total. The zero-order valence-corrected chi connectivity index (χ0v) is 17.9. The van der Waals surface area contributed by atoms with Crippen molar-refractivity contribution < 1.29 is 30.7 Å². The Hall–Kier alpha value is -1.84. The Kier molecular flexibility index (Phi) is 6.36. The molecule has 1 aliphatic rings. The number of halogens is 4. The number of rotatable bonds is 5. The van der Waals surface area contributed by atoms with E-state index in [9.17, 15) is 26.0 Å². The minimum absolute atomic E-state index is 0.0187. The van der Waals surface area contributed by atoms with E-state index < -0.39 is 31.8 Å². The third-order valence-corrected chi connectivity index (χ3v) is 7.84. The molecule has 3 nitrogen and oxygen atoms in total. The van der Waals surface area contributed by atoms with Gasteiger partial charge in [0.05, 0.1) is 23.0 Å². The van der Waals surface area contributed by atoms with Gasteiger partial charge in [0.2, 0.25) is 9.84 Å². The third kappa shape index (κ3) is 4.90. The van der Waals surface area contributed by atoms with Gasteiger partial charge in [0.15, 0.2) is 0 Å². The van der Waals surface area contributed by atoms with E-state index in [1.165, 1.54) is 38.1 Å². The highest BCUT2D eigenvalue weighted by Gasteiger charge is 2.46. The smallest absolute Gasteiger partial charge is 0.375 e. The van der Waals surface area contributed by atoms with E-state index in [0.29, 0.717) is 5.56 Å². The van der Waals surface area contributed by atoms with Crippen molar-refractivity contribution in [2.75, 3.05) is 13.2 Å². The van der Waals surface area contributed by atoms with Crippen molar-refractivity contribution in [3.8, 4) is 0 Å². The molecular weight excluding hydrogens is 440 g/mol. The fourth-order valence-corrected chi connectivity index (χ4v) is 6.01. The quantitative estimate of drug-likeness (QED) is 0.538. The molecule has 0 bridgehead atoms. The topological polar surface area (TPSA) is 43.4 Å². The summed E-state index contributed by atoms with van der Waals surface area (Å²) in [7, 11) is -4.04. The van der Waals surface area contributed by atoms with E-state index >= 15 is 0 Å². The molecule has 0 aliphatic carbocycles. The second-order valence-electron chi connectivity index (χ2n) is 7.38. The summed E-state index contributed by atoms with van der Waals surface area (Å²) in [4.78, 5) is -0.0856. The Labute approximate surface area is 177 Å². The number of ether oxygens (including phenoxy) is 1. The molecule has 30 heavy (non-hydrogen) atoms. The second kappa shape index (κ2) is 8.36. The van der Waals surface area contributed by atoms with Gasteiger partial charge in [-0.25, -0.2) is 12.8 Å². The van der Waals surface area contributed by atoms with Crippen LogP contribution in [0.4, 0.5) is 17.6 Å². The normalized spacial score (nSPS) is 18.5. The van der Waals surface area contributed by atoms with Gasteiger partial charge in [0.25, 0.3) is 0 Å². The lowest BCUT2D eigenvalue weighted by molar-refractivity contribution is -0.0347. The van der Waals surface area contributed by atoms with Crippen LogP contribution < -0.4 is 0 Å². The summed E-state index contributed by atoms with van der Waals surface area (Å²) in [5.74, 6) is -1.42. The van der Waals surface area contributed by atoms with Crippen molar-refractivity contribution in [3.05, 3.63) is 70.9 Å². The molecule has 0 saturated carbocycles. The fraction of sp³-hybridized carbons (Fsp3) is 0.333. The molecule has 2 aromatic carbocycles. The summed E-state index contributed by atoms with van der Waals surface area (Å²) in [6, 6.07) is 12.7. The predicted octanol–water partition coefficient (Wildman–Crippen LogP) is 5.69. The van der Waals surface area contributed by atoms with Crippen LogP contribution >= 0.6 is 11.8 Å². The van der Waals surface area contributed by atoms with E-state index in [1.807, 2.05) is 0 Å². The lowest BCUT2D eigenvalue weighted by atomic mass is 9.82. The van der Waals surface area contributed by atoms with Crippen LogP contribution in [-0.4, -0.2) is 31.9 Å². The molecule has 162 valence electrons. The first kappa shape index (κ1) is 22.8. The second-order valence-corrected chi connectivity index (χ2v) is 11.1. The van der Waals surface area contributed by atoms with Crippen LogP contribution in [0.3, 0.4) is 0 Å². The van der Waals surface area contributed by atoms with Gasteiger partial charge in [-0.2, -0.15) is 13.2 Å². The molecule has 1 heterocycles. The zero-order valence-electron chi connectivity index (χ0n) is 16.2. The van der Waals surface area contributed by atoms with Gasteiger partial charge < -0.3 is 4.74 Å². The van der Waals surface area contributed by atoms with Gasteiger partial charge >= 0.3 is 5.51 Å². The Morgan fingerprint density at radius 3 is 2.17 bits per heavy atom. The van der Waals surface area contributed by atoms with Gasteiger partial charge in [0, 0.05) is 10.7 Å². The maximum absolute atomic E-state index is 13.5. The van der Waals surface area contributed by atoms with Crippen LogP contribution in [0.1, 0.15) is 19.4 Å². The third-order valence-electron chi connectivity index (χ3n) is 4.92. The molecule has 0 aromatic heterocycles. The molecular formula is C21H20F4O3S2. The van der Waals surface area contributed by atoms with E-state index in [0.717, 1.165) is 12.1 Å². The van der Waals surface area contributed by atoms with Gasteiger partial charge in [-0.3, -0.25) is 0 Å². The lowest BCUT2D eigenvalue weighted by Crippen LogP contribution is -2.39. The largest absolute Gasteiger partial charge is 0.442 e. The van der Waals surface area contributed by atoms with Gasteiger partial charge in [-0.15, -0.1) is 0 Å². The van der Waals surface area contributed by atoms with Crippen LogP contribution in [0.2, 0.25) is 0 Å². The molecule has 0 unspecified atom stereocenters. The van der Waals surface area contributed by atoms with E-state index in [2.05, 4.69) is 0 Å². The van der Waals surface area contributed by atoms with Crippen molar-refractivity contribution in [3.63, 3.8) is 0 Å². The maximum atomic E-state index is 13.5. The first-order chi connectivity index (χ1) is 13.9. The molecule has 0 spiro atoms. The summed E-state index contributed by atoms with van der Waals surface area (Å²) in [6.45, 7) is 2.45. The molecule has 2 aromatic rings. The predicted molar refractivity (Wildman–Crippen MR) is 109 cm³/mol. The summed E-state index contributed by atoms with van der Waals surface area (Å²) < 4.78 is 83.9. The number of hydrogen-bond acceptors (Lipinski definition) is 4. The highest BCUT2D eigenvalue weighted by atomic mass is 32.2. The molecule has 1 atom stereocenters. The van der Waals surface area contributed by atoms with Crippen molar-refractivity contribution in [1.29, 1.82) is 0 Å². The SMILES string of the molecule is CC(C)(SC(F)(F)F)[C@H]1COCC(S(=O)(=O)c2ccccc2)=C1c1ccc(F)cc1. The Bertz CT molecular complexity index is 1030. The fourth-order valence-electron chi connectivity index (χ4n) is 3.50. The number of benzene rings is 2. The summed E-state index contributed by atoms with van der Waals surface area (Å²) in [6.07, 6.45) is 0. The minimum atomic E-state index is -4.52. The number of thioether (sulfide) groups is 1. The number of sulfone groups is 1. The molecule has 0 fully saturated rings. The molecule has 0 radical (unpaired) electrons. The number of alkyl halides is 3. The van der Waals surface area contributed by atoms with Crippen molar-refractivity contribution in [1.82, 2.24) is 0 Å². The zero-order chi connectivity index (χ0) is 22.2. The Morgan fingerprint density at radius 1 is 1.00 bits per heavy atom. The first-order valence-corrected chi connectivity index (χ1v) is 11.4. The highest BCUT2D eigenvalue weighted by Crippen LogP contribution is 2.50. The lowest BCUT2D eigenvalue weighted by Gasteiger charge is -2.39. The minimum Gasteiger partial charge on any atom is -0.375 e. The van der Waals surface area contributed by atoms with Crippen LogP contribution in [0.25, 0.3) is 5.57 Å². The standard InChI is InChI=1S/C21H20F4O3S2/c1-20(2,29-21(23,24)25)17-12-28-13-18(19(17)14-8-10-15(22)11-9-14)30(26,27)16-6-4-3-5-7-16/h3-11,17H,12-13H2,1-2H3/t17-/m0/s1. The van der Waals surface area contributed by atoms with Crippen molar-refractivity contribution in [2.24, 2.45) is 5.92 Å². The molecule has 9 heteroatoms. The average Bonchev–Trinajstić information content (AvgIpc) is 2.67. The van der Waals surface area contributed by atoms with Gasteiger partial charge in [-0.05, 0) is 61.0 Å². The Morgan fingerprint density at radius 2 is 1.60 bits per heavy atom. The highest BCUT2D eigenvalue weighted by molar-refractivity contribution is 8.01. The van der Waals surface area contributed by atoms with Crippen LogP contribution in [-0.2, 0) is 14.6 Å². The summed E-state index contributed by atoms with van der Waals surface area (Å²) in [5, 5.41) is 0. The molecule has 1 aliphatic heterocycles.